The molecule has 2 aromatic carbocycles. The zero-order valence-corrected chi connectivity index (χ0v) is 28.3. The van der Waals surface area contributed by atoms with Gasteiger partial charge >= 0.3 is 5.97 Å². The first-order valence-electron chi connectivity index (χ1n) is 16.7. The van der Waals surface area contributed by atoms with Crippen LogP contribution < -0.4 is 23.7 Å². The Bertz CT molecular complexity index is 1590. The Labute approximate surface area is 296 Å². The van der Waals surface area contributed by atoms with Gasteiger partial charge in [0.2, 0.25) is 12.5 Å². The molecule has 18 heteroatoms. The number of hydrogen-bond acceptors (Lipinski definition) is 18. The number of aliphatic hydroxyl groups excluding tert-OH is 7. The summed E-state index contributed by atoms with van der Waals surface area (Å²) in [6, 6.07) is 6.95. The molecule has 4 heterocycles. The molecule has 18 nitrogen and oxygen atoms in total. The molecule has 1 aliphatic carbocycles. The highest BCUT2D eigenvalue weighted by molar-refractivity contribution is 5.79. The topological polar surface area (TPSA) is 251 Å². The Morgan fingerprint density at radius 3 is 1.92 bits per heavy atom. The van der Waals surface area contributed by atoms with Crippen molar-refractivity contribution in [1.29, 1.82) is 0 Å². The Balaban J connectivity index is 1.21. The summed E-state index contributed by atoms with van der Waals surface area (Å²) >= 11 is 0. The maximum absolute atomic E-state index is 13.6. The first kappa shape index (κ1) is 36.8. The fraction of sp³-hybridized carbons (Fsp3) is 0.618. The number of fused-ring (bicyclic) bond motifs is 3. The van der Waals surface area contributed by atoms with E-state index in [2.05, 4.69) is 0 Å². The van der Waals surface area contributed by atoms with Crippen molar-refractivity contribution in [2.24, 2.45) is 11.8 Å². The Kier molecular flexibility index (Phi) is 10.4. The van der Waals surface area contributed by atoms with E-state index in [4.69, 9.17) is 47.4 Å². The molecule has 0 amide bonds. The number of cyclic esters (lactones) is 1. The molecule has 0 bridgehead atoms. The summed E-state index contributed by atoms with van der Waals surface area (Å²) in [7, 11) is 4.44. The second-order valence-electron chi connectivity index (χ2n) is 13.2. The number of carbonyl (C=O) groups is 1. The van der Waals surface area contributed by atoms with Gasteiger partial charge in [-0.2, -0.15) is 0 Å². The third kappa shape index (κ3) is 6.20. The van der Waals surface area contributed by atoms with Crippen molar-refractivity contribution in [3.63, 3.8) is 0 Å². The molecule has 52 heavy (non-hydrogen) atoms. The zero-order valence-electron chi connectivity index (χ0n) is 28.3. The van der Waals surface area contributed by atoms with Gasteiger partial charge in [0.05, 0.1) is 53.2 Å². The van der Waals surface area contributed by atoms with Crippen LogP contribution in [0, 0.1) is 11.8 Å². The Morgan fingerprint density at radius 1 is 0.712 bits per heavy atom. The van der Waals surface area contributed by atoms with E-state index >= 15 is 0 Å². The largest absolute Gasteiger partial charge is 0.493 e. The molecule has 0 spiro atoms. The standard InChI is InChI=1S/C34H42O18/c1-43-18-4-12(5-19(44-2)31(18)45-3)22-13-6-16-17(49-11-48-16)7-14(13)30(15-9-46-32(42)23(15)22)52-34-29(41)27(39)25(37)21(51-34)10-47-33-28(40)26(38)24(36)20(8-35)50-33/h4-7,15,20-30,33-41H,8-11H2,1-3H3/t15-,20-,21-,22-,23+,24-,25-,26+,27+,28-,29-,30-,33-,34+/m0/s1. The highest BCUT2D eigenvalue weighted by atomic mass is 16.7. The molecule has 14 atom stereocenters. The quantitative estimate of drug-likeness (QED) is 0.131. The van der Waals surface area contributed by atoms with E-state index in [0.717, 1.165) is 0 Å². The molecule has 0 unspecified atom stereocenters. The Morgan fingerprint density at radius 2 is 1.31 bits per heavy atom. The van der Waals surface area contributed by atoms with Gasteiger partial charge in [0.15, 0.2) is 35.6 Å². The van der Waals surface area contributed by atoms with E-state index in [0.29, 0.717) is 45.4 Å². The lowest BCUT2D eigenvalue weighted by molar-refractivity contribution is -0.339. The number of ether oxygens (including phenoxy) is 10. The number of benzene rings is 2. The molecule has 3 fully saturated rings. The molecule has 7 N–H and O–H groups in total. The van der Waals surface area contributed by atoms with E-state index in [1.165, 1.54) is 21.3 Å². The fourth-order valence-corrected chi connectivity index (χ4v) is 7.67. The van der Waals surface area contributed by atoms with Gasteiger partial charge in [-0.15, -0.1) is 0 Å². The molecule has 2 aromatic rings. The number of aliphatic hydroxyl groups is 7. The van der Waals surface area contributed by atoms with Gasteiger partial charge in [-0.1, -0.05) is 0 Å². The predicted octanol–water partition coefficient (Wildman–Crippen LogP) is -1.94. The van der Waals surface area contributed by atoms with E-state index < -0.39 is 104 Å². The lowest BCUT2D eigenvalue weighted by atomic mass is 9.66. The minimum atomic E-state index is -1.80. The van der Waals surface area contributed by atoms with Crippen molar-refractivity contribution >= 4 is 5.97 Å². The van der Waals surface area contributed by atoms with E-state index in [1.54, 1.807) is 24.3 Å². The van der Waals surface area contributed by atoms with Gasteiger partial charge in [0, 0.05) is 11.8 Å². The molecule has 0 aromatic heterocycles. The van der Waals surface area contributed by atoms with Crippen molar-refractivity contribution in [3.05, 3.63) is 41.0 Å². The molecule has 3 saturated heterocycles. The van der Waals surface area contributed by atoms with Crippen LogP contribution in [0.2, 0.25) is 0 Å². The lowest BCUT2D eigenvalue weighted by Gasteiger charge is -2.45. The smallest absolute Gasteiger partial charge is 0.310 e. The molecule has 7 rings (SSSR count). The van der Waals surface area contributed by atoms with Crippen LogP contribution in [0.1, 0.15) is 28.7 Å². The Hall–Kier alpha value is -3.53. The molecular weight excluding hydrogens is 696 g/mol. The second kappa shape index (κ2) is 14.7. The average molecular weight is 739 g/mol. The van der Waals surface area contributed by atoms with Crippen molar-refractivity contribution in [3.8, 4) is 28.7 Å². The maximum atomic E-state index is 13.6. The summed E-state index contributed by atoms with van der Waals surface area (Å²) in [5.74, 6) is -0.711. The summed E-state index contributed by atoms with van der Waals surface area (Å²) in [5.41, 5.74) is 1.80. The number of hydrogen-bond donors (Lipinski definition) is 7. The molecule has 0 radical (unpaired) electrons. The summed E-state index contributed by atoms with van der Waals surface area (Å²) in [5, 5.41) is 73.0. The second-order valence-corrected chi connectivity index (χ2v) is 13.2. The van der Waals surface area contributed by atoms with Crippen LogP contribution in [0.4, 0.5) is 0 Å². The summed E-state index contributed by atoms with van der Waals surface area (Å²) in [6.07, 6.45) is -17.1. The van der Waals surface area contributed by atoms with E-state index in [1.807, 2.05) is 0 Å². The first-order chi connectivity index (χ1) is 25.0. The third-order valence-corrected chi connectivity index (χ3v) is 10.4. The molecule has 5 aliphatic rings. The van der Waals surface area contributed by atoms with Crippen LogP contribution in [-0.2, 0) is 28.5 Å². The van der Waals surface area contributed by atoms with E-state index in [9.17, 15) is 40.5 Å². The van der Waals surface area contributed by atoms with Gasteiger partial charge in [-0.05, 0) is 41.0 Å². The van der Waals surface area contributed by atoms with Gasteiger partial charge in [-0.25, -0.2) is 0 Å². The van der Waals surface area contributed by atoms with Gasteiger partial charge in [0.1, 0.15) is 48.8 Å². The van der Waals surface area contributed by atoms with Crippen molar-refractivity contribution in [1.82, 2.24) is 0 Å². The third-order valence-electron chi connectivity index (χ3n) is 10.4. The number of rotatable bonds is 10. The first-order valence-corrected chi connectivity index (χ1v) is 16.7. The van der Waals surface area contributed by atoms with Crippen molar-refractivity contribution in [2.45, 2.75) is 73.4 Å². The maximum Gasteiger partial charge on any atom is 0.310 e. The van der Waals surface area contributed by atoms with Crippen LogP contribution in [-0.4, -0.2) is 151 Å². The number of esters is 1. The van der Waals surface area contributed by atoms with E-state index in [-0.39, 0.29) is 13.4 Å². The highest BCUT2D eigenvalue weighted by Crippen LogP contribution is 2.57. The fourth-order valence-electron chi connectivity index (χ4n) is 7.67. The predicted molar refractivity (Wildman–Crippen MR) is 169 cm³/mol. The van der Waals surface area contributed by atoms with Crippen molar-refractivity contribution in [2.75, 3.05) is 47.9 Å². The molecule has 4 aliphatic heterocycles. The molecular formula is C34H42O18. The summed E-state index contributed by atoms with van der Waals surface area (Å²) in [4.78, 5) is 13.6. The minimum Gasteiger partial charge on any atom is -0.493 e. The average Bonchev–Trinajstić information content (AvgIpc) is 3.78. The molecule has 0 saturated carbocycles. The van der Waals surface area contributed by atoms with Gasteiger partial charge in [-0.3, -0.25) is 4.79 Å². The van der Waals surface area contributed by atoms with Crippen LogP contribution in [0.25, 0.3) is 0 Å². The number of carbonyl (C=O) groups excluding carboxylic acids is 1. The molecule has 286 valence electrons. The number of methoxy groups -OCH3 is 3. The normalized spacial score (nSPS) is 37.9. The van der Waals surface area contributed by atoms with Crippen LogP contribution in [0.15, 0.2) is 24.3 Å². The SMILES string of the molecule is COc1cc([C@H]2c3cc4c(cc3[C@H](O[C@H]3O[C@@H](CO[C@H]5O[C@@H](CO)[C@H](O)[C@@H](O)[C@@H]5O)[C@H](O)[C@@H](O)[C@@H]3O)[C@H]3COC(=O)[C@@H]23)OCO4)cc(OC)c1OC. The zero-order chi connectivity index (χ0) is 37.0. The van der Waals surface area contributed by atoms with Crippen molar-refractivity contribution < 1.29 is 87.9 Å². The minimum absolute atomic E-state index is 0.0435. The summed E-state index contributed by atoms with van der Waals surface area (Å²) in [6.45, 7) is -1.35. The van der Waals surface area contributed by atoms with Crippen LogP contribution >= 0.6 is 0 Å². The summed E-state index contributed by atoms with van der Waals surface area (Å²) < 4.78 is 57.1. The highest BCUT2D eigenvalue weighted by Gasteiger charge is 2.55. The van der Waals surface area contributed by atoms with Gasteiger partial charge < -0.3 is 83.1 Å². The monoisotopic (exact) mass is 738 g/mol. The van der Waals surface area contributed by atoms with Crippen LogP contribution in [0.3, 0.4) is 0 Å². The van der Waals surface area contributed by atoms with Crippen LogP contribution in [0.5, 0.6) is 28.7 Å². The van der Waals surface area contributed by atoms with Gasteiger partial charge in [0.25, 0.3) is 0 Å². The lowest BCUT2D eigenvalue weighted by Crippen LogP contribution is -2.62.